The predicted molar refractivity (Wildman–Crippen MR) is 118 cm³/mol. The van der Waals surface area contributed by atoms with Gasteiger partial charge < -0.3 is 40.1 Å². The molecule has 0 atom stereocenters. The molecule has 13 heteroatoms. The molecule has 2 amide bonds. The van der Waals surface area contributed by atoms with E-state index in [2.05, 4.69) is 15.2 Å². The van der Waals surface area contributed by atoms with Crippen LogP contribution in [-0.4, -0.2) is 105 Å². The number of nitrogens with zero attached hydrogens (tertiary/aromatic N) is 1. The number of carbonyl (C=O) groups excluding carboxylic acids is 2. The number of phosphoric ester groups is 1. The van der Waals surface area contributed by atoms with Crippen LogP contribution in [0.4, 0.5) is 0 Å². The number of morpholine rings is 1. The average Bonchev–Trinajstić information content (AvgIpc) is 2.73. The van der Waals surface area contributed by atoms with E-state index < -0.39 is 7.82 Å². The molecule has 1 aliphatic heterocycles. The molecule has 1 aliphatic rings. The van der Waals surface area contributed by atoms with Crippen molar-refractivity contribution in [3.63, 3.8) is 0 Å². The number of amides is 2. The molecule has 1 rings (SSSR count). The van der Waals surface area contributed by atoms with Crippen molar-refractivity contribution in [3.8, 4) is 0 Å². The van der Waals surface area contributed by atoms with Crippen LogP contribution < -0.4 is 16.4 Å². The number of hydrogen-bond acceptors (Lipinski definition) is 7. The number of ether oxygens (including phenoxy) is 2. The summed E-state index contributed by atoms with van der Waals surface area (Å²) in [6.07, 6.45) is 3.31. The lowest BCUT2D eigenvalue weighted by Crippen LogP contribution is -2.58. The van der Waals surface area contributed by atoms with Crippen LogP contribution in [0.1, 0.15) is 32.1 Å². The van der Waals surface area contributed by atoms with E-state index in [4.69, 9.17) is 25.0 Å². The number of nitrogens with one attached hydrogen (secondary N) is 2. The molecule has 0 aliphatic carbocycles. The molecule has 0 bridgehead atoms. The molecule has 0 radical (unpaired) electrons. The summed E-state index contributed by atoms with van der Waals surface area (Å²) in [4.78, 5) is 41.2. The van der Waals surface area contributed by atoms with Crippen LogP contribution in [0.15, 0.2) is 0 Å². The van der Waals surface area contributed by atoms with E-state index in [-0.39, 0.29) is 24.8 Å². The fraction of sp³-hybridized carbons (Fsp3) is 0.895. The Morgan fingerprint density at radius 2 is 1.59 bits per heavy atom. The lowest BCUT2D eigenvalue weighted by Gasteiger charge is -2.41. The van der Waals surface area contributed by atoms with Gasteiger partial charge in [0.25, 0.3) is 0 Å². The van der Waals surface area contributed by atoms with E-state index in [9.17, 15) is 14.2 Å². The highest BCUT2D eigenvalue weighted by molar-refractivity contribution is 7.46. The van der Waals surface area contributed by atoms with E-state index in [1.54, 1.807) is 0 Å². The maximum atomic E-state index is 11.8. The molecule has 32 heavy (non-hydrogen) atoms. The Labute approximate surface area is 190 Å². The Morgan fingerprint density at radius 1 is 0.938 bits per heavy atom. The fourth-order valence-corrected chi connectivity index (χ4v) is 3.68. The summed E-state index contributed by atoms with van der Waals surface area (Å²) in [6.45, 7) is 5.82. The number of hydrogen-bond donors (Lipinski definition) is 5. The van der Waals surface area contributed by atoms with E-state index in [1.807, 2.05) is 0 Å². The highest BCUT2D eigenvalue weighted by Gasteiger charge is 2.31. The highest BCUT2D eigenvalue weighted by atomic mass is 31.2. The Balaban J connectivity index is 2.10. The fourth-order valence-electron chi connectivity index (χ4n) is 3.36. The lowest BCUT2D eigenvalue weighted by atomic mass is 10.2. The number of nitrogens with two attached hydrogens (primary N) is 1. The number of quaternary nitrogens is 1. The van der Waals surface area contributed by atoms with Gasteiger partial charge in [0.05, 0.1) is 26.4 Å². The first-order valence-electron chi connectivity index (χ1n) is 11.2. The van der Waals surface area contributed by atoms with Gasteiger partial charge in [-0.2, -0.15) is 0 Å². The van der Waals surface area contributed by atoms with E-state index in [0.29, 0.717) is 70.1 Å². The first kappa shape index (κ1) is 28.9. The SMILES string of the molecule is NCCCCCC(=O)NCCC(=O)NCCOCC[N+]1(CCOP(=O)(O)O)CCOCC1. The van der Waals surface area contributed by atoms with Crippen molar-refractivity contribution in [2.45, 2.75) is 32.1 Å². The number of rotatable bonds is 18. The molecule has 0 spiro atoms. The normalized spacial score (nSPS) is 16.0. The molecule has 1 heterocycles. The van der Waals surface area contributed by atoms with Crippen LogP contribution in [0.25, 0.3) is 0 Å². The minimum absolute atomic E-state index is 0.0371. The lowest BCUT2D eigenvalue weighted by molar-refractivity contribution is -0.935. The highest BCUT2D eigenvalue weighted by Crippen LogP contribution is 2.35. The molecule has 0 saturated carbocycles. The van der Waals surface area contributed by atoms with Crippen LogP contribution in [-0.2, 0) is 28.2 Å². The first-order chi connectivity index (χ1) is 15.3. The summed E-state index contributed by atoms with van der Waals surface area (Å²) in [7, 11) is -4.48. The van der Waals surface area contributed by atoms with Crippen LogP contribution in [0.5, 0.6) is 0 Å². The number of unbranched alkanes of at least 4 members (excludes halogenated alkanes) is 2. The summed E-state index contributed by atoms with van der Waals surface area (Å²) in [5.74, 6) is -0.201. The maximum absolute atomic E-state index is 11.8. The van der Waals surface area contributed by atoms with Gasteiger partial charge in [-0.3, -0.25) is 14.1 Å². The average molecular weight is 484 g/mol. The molecule has 6 N–H and O–H groups in total. The molecule has 1 saturated heterocycles. The van der Waals surface area contributed by atoms with E-state index in [1.165, 1.54) is 0 Å². The van der Waals surface area contributed by atoms with Crippen LogP contribution in [0, 0.1) is 0 Å². The molecule has 0 aromatic rings. The minimum Gasteiger partial charge on any atom is -0.374 e. The number of carbonyl (C=O) groups is 2. The Kier molecular flexibility index (Phi) is 14.9. The van der Waals surface area contributed by atoms with Gasteiger partial charge in [0.1, 0.15) is 32.8 Å². The second-order valence-corrected chi connectivity index (χ2v) is 9.07. The third kappa shape index (κ3) is 14.9. The number of phosphoric acid groups is 1. The standard InChI is InChI=1S/C19H39N4O8P/c20-6-3-1-2-4-18(24)21-7-5-19(25)22-8-13-29-14-9-23(10-15-30-16-11-23)12-17-31-32(26,27)28/h1-17,20H2,(H3-,21,22,24,25,26,27,28)/p+1. The van der Waals surface area contributed by atoms with Crippen molar-refractivity contribution >= 4 is 19.6 Å². The second-order valence-electron chi connectivity index (χ2n) is 7.83. The molecule has 0 unspecified atom stereocenters. The molecular weight excluding hydrogens is 443 g/mol. The smallest absolute Gasteiger partial charge is 0.374 e. The molecule has 12 nitrogen and oxygen atoms in total. The Morgan fingerprint density at radius 3 is 2.28 bits per heavy atom. The minimum atomic E-state index is -4.48. The van der Waals surface area contributed by atoms with Crippen molar-refractivity contribution in [1.82, 2.24) is 10.6 Å². The largest absolute Gasteiger partial charge is 0.469 e. The monoisotopic (exact) mass is 483 g/mol. The van der Waals surface area contributed by atoms with Crippen molar-refractivity contribution < 1.29 is 42.4 Å². The van der Waals surface area contributed by atoms with E-state index >= 15 is 0 Å². The van der Waals surface area contributed by atoms with Crippen molar-refractivity contribution in [2.75, 3.05) is 78.8 Å². The van der Waals surface area contributed by atoms with Crippen molar-refractivity contribution in [3.05, 3.63) is 0 Å². The summed E-state index contributed by atoms with van der Waals surface area (Å²) in [5, 5.41) is 5.49. The quantitative estimate of drug-likeness (QED) is 0.0942. The van der Waals surface area contributed by atoms with Gasteiger partial charge >= 0.3 is 7.82 Å². The van der Waals surface area contributed by atoms with Crippen LogP contribution in [0.3, 0.4) is 0 Å². The van der Waals surface area contributed by atoms with Crippen molar-refractivity contribution in [1.29, 1.82) is 0 Å². The molecule has 0 aromatic carbocycles. The van der Waals surface area contributed by atoms with Gasteiger partial charge in [-0.15, -0.1) is 0 Å². The van der Waals surface area contributed by atoms with Crippen LogP contribution >= 0.6 is 7.82 Å². The van der Waals surface area contributed by atoms with Crippen LogP contribution in [0.2, 0.25) is 0 Å². The zero-order valence-corrected chi connectivity index (χ0v) is 19.7. The van der Waals surface area contributed by atoms with Gasteiger partial charge in [0.2, 0.25) is 11.8 Å². The van der Waals surface area contributed by atoms with Gasteiger partial charge in [-0.25, -0.2) is 4.57 Å². The molecule has 0 aromatic heterocycles. The van der Waals surface area contributed by atoms with Gasteiger partial charge in [0.15, 0.2) is 0 Å². The zero-order chi connectivity index (χ0) is 23.7. The summed E-state index contributed by atoms with van der Waals surface area (Å²) >= 11 is 0. The van der Waals surface area contributed by atoms with Gasteiger partial charge in [-0.05, 0) is 19.4 Å². The third-order valence-corrected chi connectivity index (χ3v) is 5.82. The van der Waals surface area contributed by atoms with Gasteiger partial charge in [0, 0.05) is 25.9 Å². The summed E-state index contributed by atoms with van der Waals surface area (Å²) in [6, 6.07) is 0. The molecule has 1 fully saturated rings. The first-order valence-corrected chi connectivity index (χ1v) is 12.7. The third-order valence-electron chi connectivity index (χ3n) is 5.31. The second kappa shape index (κ2) is 16.5. The molecule has 188 valence electrons. The maximum Gasteiger partial charge on any atom is 0.469 e. The topological polar surface area (TPSA) is 169 Å². The summed E-state index contributed by atoms with van der Waals surface area (Å²) < 4.78 is 27.1. The Bertz CT molecular complexity index is 584. The zero-order valence-electron chi connectivity index (χ0n) is 18.8. The summed E-state index contributed by atoms with van der Waals surface area (Å²) in [5.41, 5.74) is 5.41. The van der Waals surface area contributed by atoms with Gasteiger partial charge in [-0.1, -0.05) is 6.42 Å². The predicted octanol–water partition coefficient (Wildman–Crippen LogP) is -0.899. The van der Waals surface area contributed by atoms with Crippen molar-refractivity contribution in [2.24, 2.45) is 5.73 Å². The van der Waals surface area contributed by atoms with E-state index in [0.717, 1.165) is 32.4 Å². The Hall–Kier alpha value is -1.11. The molecular formula is C19H40N4O8P+.